The van der Waals surface area contributed by atoms with Crippen LogP contribution in [0.15, 0.2) is 11.6 Å². The summed E-state index contributed by atoms with van der Waals surface area (Å²) >= 11 is 5.32. The van der Waals surface area contributed by atoms with Crippen molar-refractivity contribution in [3.63, 3.8) is 0 Å². The van der Waals surface area contributed by atoms with Crippen molar-refractivity contribution in [2.24, 2.45) is 0 Å². The third-order valence-corrected chi connectivity index (χ3v) is 1.05. The molecule has 0 aromatic heterocycles. The van der Waals surface area contributed by atoms with Crippen LogP contribution in [0.3, 0.4) is 0 Å². The second-order valence-corrected chi connectivity index (χ2v) is 1.71. The summed E-state index contributed by atoms with van der Waals surface area (Å²) in [5, 5.41) is 0. The molecule has 0 amide bonds. The first-order valence-corrected chi connectivity index (χ1v) is 3.08. The summed E-state index contributed by atoms with van der Waals surface area (Å²) in [4.78, 5) is 10.00. The monoisotopic (exact) mass is 132 g/mol. The molecule has 0 heterocycles. The van der Waals surface area contributed by atoms with Crippen LogP contribution in [-0.2, 0) is 4.79 Å². The van der Waals surface area contributed by atoms with Gasteiger partial charge in [-0.2, -0.15) is 0 Å². The molecule has 0 rings (SSSR count). The quantitative estimate of drug-likeness (QED) is 0.325. The molecular formula is C6H9ClO. The van der Waals surface area contributed by atoms with E-state index in [9.17, 15) is 4.79 Å². The van der Waals surface area contributed by atoms with Crippen molar-refractivity contribution in [1.82, 2.24) is 0 Å². The van der Waals surface area contributed by atoms with Crippen molar-refractivity contribution in [2.45, 2.75) is 13.3 Å². The topological polar surface area (TPSA) is 17.1 Å². The van der Waals surface area contributed by atoms with Crippen LogP contribution >= 0.6 is 11.6 Å². The molecule has 8 heavy (non-hydrogen) atoms. The van der Waals surface area contributed by atoms with Gasteiger partial charge in [0.25, 0.3) is 0 Å². The van der Waals surface area contributed by atoms with E-state index in [0.717, 1.165) is 18.3 Å². The van der Waals surface area contributed by atoms with Gasteiger partial charge in [0, 0.05) is 5.88 Å². The highest BCUT2D eigenvalue weighted by molar-refractivity contribution is 6.19. The maximum absolute atomic E-state index is 10.00. The molecule has 0 unspecified atom stereocenters. The van der Waals surface area contributed by atoms with Gasteiger partial charge in [0.2, 0.25) is 0 Å². The molecule has 0 fully saturated rings. The SMILES string of the molecule is CCC(C=O)=CCCl. The van der Waals surface area contributed by atoms with Crippen molar-refractivity contribution < 1.29 is 4.79 Å². The normalized spacial score (nSPS) is 11.5. The minimum absolute atomic E-state index is 0.432. The van der Waals surface area contributed by atoms with E-state index in [0.29, 0.717) is 5.88 Å². The summed E-state index contributed by atoms with van der Waals surface area (Å²) in [5.74, 6) is 0.432. The van der Waals surface area contributed by atoms with Crippen LogP contribution in [0.5, 0.6) is 0 Å². The molecule has 0 aromatic carbocycles. The smallest absolute Gasteiger partial charge is 0.145 e. The molecule has 0 spiro atoms. The Balaban J connectivity index is 3.66. The van der Waals surface area contributed by atoms with Gasteiger partial charge in [0.15, 0.2) is 0 Å². The molecule has 46 valence electrons. The molecule has 0 saturated carbocycles. The van der Waals surface area contributed by atoms with Crippen LogP contribution in [0, 0.1) is 0 Å². The lowest BCUT2D eigenvalue weighted by molar-refractivity contribution is -0.105. The Hall–Kier alpha value is -0.300. The largest absolute Gasteiger partial charge is 0.298 e. The summed E-state index contributed by atoms with van der Waals surface area (Å²) < 4.78 is 0. The number of carbonyl (C=O) groups excluding carboxylic acids is 1. The van der Waals surface area contributed by atoms with Crippen LogP contribution in [-0.4, -0.2) is 12.2 Å². The number of aldehydes is 1. The van der Waals surface area contributed by atoms with Gasteiger partial charge in [-0.1, -0.05) is 13.0 Å². The van der Waals surface area contributed by atoms with E-state index in [1.165, 1.54) is 0 Å². The summed E-state index contributed by atoms with van der Waals surface area (Å²) in [7, 11) is 0. The Morgan fingerprint density at radius 2 is 2.38 bits per heavy atom. The predicted molar refractivity (Wildman–Crippen MR) is 35.2 cm³/mol. The van der Waals surface area contributed by atoms with E-state index < -0.39 is 0 Å². The Morgan fingerprint density at radius 3 is 2.50 bits per heavy atom. The molecule has 2 heteroatoms. The van der Waals surface area contributed by atoms with Gasteiger partial charge in [-0.05, 0) is 12.0 Å². The van der Waals surface area contributed by atoms with Gasteiger partial charge in [0.05, 0.1) is 0 Å². The summed E-state index contributed by atoms with van der Waals surface area (Å²) in [6.45, 7) is 1.92. The van der Waals surface area contributed by atoms with Gasteiger partial charge in [-0.15, -0.1) is 11.6 Å². The molecule has 0 aliphatic heterocycles. The van der Waals surface area contributed by atoms with Gasteiger partial charge in [-0.3, -0.25) is 4.79 Å². The van der Waals surface area contributed by atoms with Crippen molar-refractivity contribution in [3.8, 4) is 0 Å². The maximum Gasteiger partial charge on any atom is 0.145 e. The molecule has 0 aliphatic rings. The third kappa shape index (κ3) is 2.80. The number of allylic oxidation sites excluding steroid dienone is 2. The molecule has 0 atom stereocenters. The van der Waals surface area contributed by atoms with Crippen molar-refractivity contribution in [2.75, 3.05) is 5.88 Å². The fourth-order valence-corrected chi connectivity index (χ4v) is 0.573. The van der Waals surface area contributed by atoms with E-state index >= 15 is 0 Å². The van der Waals surface area contributed by atoms with Crippen molar-refractivity contribution in [1.29, 1.82) is 0 Å². The van der Waals surface area contributed by atoms with E-state index in [-0.39, 0.29) is 0 Å². The second kappa shape index (κ2) is 4.85. The fraction of sp³-hybridized carbons (Fsp3) is 0.500. The highest BCUT2D eigenvalue weighted by atomic mass is 35.5. The Kier molecular flexibility index (Phi) is 4.67. The Bertz CT molecular complexity index is 96.7. The van der Waals surface area contributed by atoms with Crippen LogP contribution in [0.4, 0.5) is 0 Å². The van der Waals surface area contributed by atoms with E-state index in [4.69, 9.17) is 11.6 Å². The predicted octanol–water partition coefficient (Wildman–Crippen LogP) is 1.76. The standard InChI is InChI=1S/C6H9ClO/c1-2-6(5-8)3-4-7/h3,5H,2,4H2,1H3. The molecule has 0 N–H and O–H groups in total. The average Bonchev–Trinajstić information content (AvgIpc) is 1.83. The zero-order valence-electron chi connectivity index (χ0n) is 4.86. The maximum atomic E-state index is 10.00. The van der Waals surface area contributed by atoms with Gasteiger partial charge < -0.3 is 0 Å². The highest BCUT2D eigenvalue weighted by Crippen LogP contribution is 1.95. The number of rotatable bonds is 3. The fourth-order valence-electron chi connectivity index (χ4n) is 0.375. The first kappa shape index (κ1) is 7.70. The molecule has 0 saturated heterocycles. The van der Waals surface area contributed by atoms with Crippen molar-refractivity contribution in [3.05, 3.63) is 11.6 Å². The van der Waals surface area contributed by atoms with Crippen LogP contribution in [0.25, 0.3) is 0 Å². The molecule has 0 bridgehead atoms. The summed E-state index contributed by atoms with van der Waals surface area (Å²) in [6.07, 6.45) is 3.33. The molecule has 1 nitrogen and oxygen atoms in total. The number of carbonyl (C=O) groups is 1. The zero-order valence-corrected chi connectivity index (χ0v) is 5.61. The molecule has 0 aromatic rings. The second-order valence-electron chi connectivity index (χ2n) is 1.40. The van der Waals surface area contributed by atoms with Gasteiger partial charge in [0.1, 0.15) is 6.29 Å². The first-order valence-electron chi connectivity index (χ1n) is 2.55. The highest BCUT2D eigenvalue weighted by Gasteiger charge is 1.85. The lowest BCUT2D eigenvalue weighted by atomic mass is 10.2. The number of hydrogen-bond acceptors (Lipinski definition) is 1. The number of hydrogen-bond donors (Lipinski definition) is 0. The Labute approximate surface area is 54.3 Å². The molecule has 0 aliphatic carbocycles. The summed E-state index contributed by atoms with van der Waals surface area (Å²) in [6, 6.07) is 0. The van der Waals surface area contributed by atoms with Crippen molar-refractivity contribution >= 4 is 17.9 Å². The zero-order chi connectivity index (χ0) is 6.41. The first-order chi connectivity index (χ1) is 3.85. The minimum Gasteiger partial charge on any atom is -0.298 e. The lowest BCUT2D eigenvalue weighted by Crippen LogP contribution is -1.80. The van der Waals surface area contributed by atoms with Crippen LogP contribution in [0.1, 0.15) is 13.3 Å². The third-order valence-electron chi connectivity index (χ3n) is 0.899. The van der Waals surface area contributed by atoms with E-state index in [2.05, 4.69) is 0 Å². The lowest BCUT2D eigenvalue weighted by Gasteiger charge is -1.86. The molecular weight excluding hydrogens is 124 g/mol. The number of alkyl halides is 1. The van der Waals surface area contributed by atoms with E-state index in [1.54, 1.807) is 6.08 Å². The molecule has 0 radical (unpaired) electrons. The van der Waals surface area contributed by atoms with Gasteiger partial charge in [-0.25, -0.2) is 0 Å². The van der Waals surface area contributed by atoms with Gasteiger partial charge >= 0.3 is 0 Å². The minimum atomic E-state index is 0.432. The van der Waals surface area contributed by atoms with Crippen LogP contribution < -0.4 is 0 Å². The summed E-state index contributed by atoms with van der Waals surface area (Å²) in [5.41, 5.74) is 0.778. The van der Waals surface area contributed by atoms with Crippen LogP contribution in [0.2, 0.25) is 0 Å². The average molecular weight is 133 g/mol. The Morgan fingerprint density at radius 1 is 1.75 bits per heavy atom. The van der Waals surface area contributed by atoms with E-state index in [1.807, 2.05) is 6.92 Å². The number of halogens is 1.